The minimum absolute atomic E-state index is 0.0286. The molecule has 0 aliphatic rings. The van der Waals surface area contributed by atoms with Gasteiger partial charge in [-0.3, -0.25) is 0 Å². The zero-order valence-corrected chi connectivity index (χ0v) is 11.0. The highest BCUT2D eigenvalue weighted by molar-refractivity contribution is 9.10. The molecule has 90 valence electrons. The molecule has 0 fully saturated rings. The third-order valence-electron chi connectivity index (χ3n) is 1.81. The van der Waals surface area contributed by atoms with E-state index in [1.807, 2.05) is 0 Å². The number of halogens is 1. The van der Waals surface area contributed by atoms with Crippen molar-refractivity contribution in [2.75, 3.05) is 12.3 Å². The molecule has 1 aromatic carbocycles. The lowest BCUT2D eigenvalue weighted by Crippen LogP contribution is -2.30. The number of nitrogen functional groups attached to an aromatic ring is 1. The van der Waals surface area contributed by atoms with E-state index in [-0.39, 0.29) is 11.4 Å². The van der Waals surface area contributed by atoms with E-state index < -0.39 is 16.1 Å². The minimum Gasteiger partial charge on any atom is -0.399 e. The Morgan fingerprint density at radius 2 is 2.19 bits per heavy atom. The fourth-order valence-electron chi connectivity index (χ4n) is 1.04. The highest BCUT2D eigenvalue weighted by Gasteiger charge is 2.17. The van der Waals surface area contributed by atoms with Crippen LogP contribution in [0.15, 0.2) is 27.6 Å². The summed E-state index contributed by atoms with van der Waals surface area (Å²) in [4.78, 5) is 0.0994. The third kappa shape index (κ3) is 3.44. The third-order valence-corrected chi connectivity index (χ3v) is 4.21. The summed E-state index contributed by atoms with van der Waals surface area (Å²) in [5.41, 5.74) is 5.98. The Kier molecular flexibility index (Phi) is 4.31. The Hall–Kier alpha value is -0.630. The SMILES string of the molecule is C[C@H](O)CNS(=O)(=O)c1ccc(N)cc1Br. The van der Waals surface area contributed by atoms with Crippen LogP contribution in [0.4, 0.5) is 5.69 Å². The Bertz CT molecular complexity index is 474. The van der Waals surface area contributed by atoms with Crippen LogP contribution in [0.3, 0.4) is 0 Å². The van der Waals surface area contributed by atoms with E-state index in [1.54, 1.807) is 0 Å². The van der Waals surface area contributed by atoms with Gasteiger partial charge in [0.1, 0.15) is 0 Å². The second-order valence-electron chi connectivity index (χ2n) is 3.39. The molecule has 0 saturated carbocycles. The maximum Gasteiger partial charge on any atom is 0.241 e. The van der Waals surface area contributed by atoms with Gasteiger partial charge in [0.05, 0.1) is 11.0 Å². The lowest BCUT2D eigenvalue weighted by Gasteiger charge is -2.10. The van der Waals surface area contributed by atoms with Gasteiger partial charge in [0, 0.05) is 16.7 Å². The number of benzene rings is 1. The molecule has 1 aromatic rings. The Balaban J connectivity index is 2.99. The monoisotopic (exact) mass is 308 g/mol. The number of hydrogen-bond donors (Lipinski definition) is 3. The number of aliphatic hydroxyl groups is 1. The van der Waals surface area contributed by atoms with Gasteiger partial charge < -0.3 is 10.8 Å². The van der Waals surface area contributed by atoms with Gasteiger partial charge in [-0.2, -0.15) is 0 Å². The van der Waals surface area contributed by atoms with Crippen LogP contribution in [0.5, 0.6) is 0 Å². The van der Waals surface area contributed by atoms with E-state index in [9.17, 15) is 8.42 Å². The Labute approximate surface area is 103 Å². The smallest absolute Gasteiger partial charge is 0.241 e. The number of aliphatic hydroxyl groups excluding tert-OH is 1. The van der Waals surface area contributed by atoms with E-state index in [0.29, 0.717) is 10.2 Å². The average Bonchev–Trinajstić information content (AvgIpc) is 2.14. The predicted molar refractivity (Wildman–Crippen MR) is 65.4 cm³/mol. The van der Waals surface area contributed by atoms with Crippen molar-refractivity contribution in [1.29, 1.82) is 0 Å². The standard InChI is InChI=1S/C9H13BrN2O3S/c1-6(13)5-12-16(14,15)9-3-2-7(11)4-8(9)10/h2-4,6,12-13H,5,11H2,1H3/t6-/m0/s1. The molecule has 16 heavy (non-hydrogen) atoms. The first-order chi connectivity index (χ1) is 7.33. The van der Waals surface area contributed by atoms with Gasteiger partial charge in [-0.1, -0.05) is 0 Å². The lowest BCUT2D eigenvalue weighted by atomic mass is 10.3. The van der Waals surface area contributed by atoms with Gasteiger partial charge in [-0.15, -0.1) is 0 Å². The topological polar surface area (TPSA) is 92.4 Å². The number of nitrogens with one attached hydrogen (secondary N) is 1. The van der Waals surface area contributed by atoms with Gasteiger partial charge in [0.25, 0.3) is 0 Å². The quantitative estimate of drug-likeness (QED) is 0.714. The van der Waals surface area contributed by atoms with Crippen molar-refractivity contribution in [3.63, 3.8) is 0 Å². The summed E-state index contributed by atoms with van der Waals surface area (Å²) in [6.07, 6.45) is -0.734. The number of sulfonamides is 1. The molecule has 0 saturated heterocycles. The second-order valence-corrected chi connectivity index (χ2v) is 5.98. The Morgan fingerprint density at radius 3 is 2.69 bits per heavy atom. The zero-order chi connectivity index (χ0) is 12.3. The fourth-order valence-corrected chi connectivity index (χ4v) is 3.26. The van der Waals surface area contributed by atoms with Crippen molar-refractivity contribution in [2.45, 2.75) is 17.9 Å². The average molecular weight is 309 g/mol. The van der Waals surface area contributed by atoms with Crippen molar-refractivity contribution >= 4 is 31.6 Å². The maximum absolute atomic E-state index is 11.8. The van der Waals surface area contributed by atoms with E-state index in [4.69, 9.17) is 10.8 Å². The summed E-state index contributed by atoms with van der Waals surface area (Å²) in [5.74, 6) is 0. The number of rotatable bonds is 4. The zero-order valence-electron chi connectivity index (χ0n) is 8.64. The summed E-state index contributed by atoms with van der Waals surface area (Å²) in [7, 11) is -3.62. The lowest BCUT2D eigenvalue weighted by molar-refractivity contribution is 0.198. The van der Waals surface area contributed by atoms with Gasteiger partial charge >= 0.3 is 0 Å². The molecule has 0 aliphatic carbocycles. The van der Waals surface area contributed by atoms with Crippen LogP contribution in [-0.2, 0) is 10.0 Å². The highest BCUT2D eigenvalue weighted by atomic mass is 79.9. The summed E-state index contributed by atoms with van der Waals surface area (Å²) in [6, 6.07) is 4.42. The van der Waals surface area contributed by atoms with Crippen LogP contribution in [0.25, 0.3) is 0 Å². The molecule has 0 unspecified atom stereocenters. The molecule has 0 aliphatic heterocycles. The van der Waals surface area contributed by atoms with Crippen LogP contribution in [0, 0.1) is 0 Å². The number of nitrogens with two attached hydrogens (primary N) is 1. The molecule has 1 rings (SSSR count). The molecule has 5 nitrogen and oxygen atoms in total. The highest BCUT2D eigenvalue weighted by Crippen LogP contribution is 2.23. The van der Waals surface area contributed by atoms with Crippen LogP contribution in [0.1, 0.15) is 6.92 Å². The normalized spacial score (nSPS) is 13.7. The van der Waals surface area contributed by atoms with Crippen LogP contribution < -0.4 is 10.5 Å². The van der Waals surface area contributed by atoms with E-state index >= 15 is 0 Å². The van der Waals surface area contributed by atoms with Crippen molar-refractivity contribution in [3.8, 4) is 0 Å². The second kappa shape index (κ2) is 5.13. The van der Waals surface area contributed by atoms with Gasteiger partial charge in [0.15, 0.2) is 0 Å². The molecule has 0 aromatic heterocycles. The molecule has 0 radical (unpaired) electrons. The van der Waals surface area contributed by atoms with E-state index in [0.717, 1.165) is 0 Å². The van der Waals surface area contributed by atoms with Crippen molar-refractivity contribution in [3.05, 3.63) is 22.7 Å². The number of hydrogen-bond acceptors (Lipinski definition) is 4. The Morgan fingerprint density at radius 1 is 1.56 bits per heavy atom. The molecule has 0 spiro atoms. The minimum atomic E-state index is -3.62. The van der Waals surface area contributed by atoms with Crippen LogP contribution >= 0.6 is 15.9 Å². The molecular formula is C9H13BrN2O3S. The molecule has 1 atom stereocenters. The van der Waals surface area contributed by atoms with Crippen molar-refractivity contribution < 1.29 is 13.5 Å². The first kappa shape index (κ1) is 13.4. The summed E-state index contributed by atoms with van der Waals surface area (Å²) >= 11 is 3.13. The van der Waals surface area contributed by atoms with Gasteiger partial charge in [-0.05, 0) is 41.1 Å². The van der Waals surface area contributed by atoms with E-state index in [2.05, 4.69) is 20.7 Å². The summed E-state index contributed by atoms with van der Waals surface area (Å²) < 4.78 is 26.2. The van der Waals surface area contributed by atoms with Gasteiger partial charge in [-0.25, -0.2) is 13.1 Å². The predicted octanol–water partition coefficient (Wildman–Crippen LogP) is 0.690. The molecule has 0 amide bonds. The van der Waals surface area contributed by atoms with Crippen LogP contribution in [-0.4, -0.2) is 26.2 Å². The van der Waals surface area contributed by atoms with Gasteiger partial charge in [0.2, 0.25) is 10.0 Å². The molecule has 0 bridgehead atoms. The fraction of sp³-hybridized carbons (Fsp3) is 0.333. The maximum atomic E-state index is 11.8. The molecular weight excluding hydrogens is 296 g/mol. The summed E-state index contributed by atoms with van der Waals surface area (Å²) in [6.45, 7) is 1.47. The van der Waals surface area contributed by atoms with Crippen molar-refractivity contribution in [1.82, 2.24) is 4.72 Å². The molecule has 7 heteroatoms. The largest absolute Gasteiger partial charge is 0.399 e. The number of anilines is 1. The first-order valence-corrected chi connectivity index (χ1v) is 6.83. The van der Waals surface area contributed by atoms with Crippen molar-refractivity contribution in [2.24, 2.45) is 0 Å². The summed E-state index contributed by atoms with van der Waals surface area (Å²) in [5, 5.41) is 9.02. The van der Waals surface area contributed by atoms with E-state index in [1.165, 1.54) is 25.1 Å². The van der Waals surface area contributed by atoms with Crippen LogP contribution in [0.2, 0.25) is 0 Å². The first-order valence-electron chi connectivity index (χ1n) is 4.55. The molecule has 0 heterocycles. The molecule has 4 N–H and O–H groups in total.